The molecule has 2 aromatic rings. The zero-order valence-electron chi connectivity index (χ0n) is 10.3. The number of hydrogen-bond donors (Lipinski definition) is 0. The van der Waals surface area contributed by atoms with Gasteiger partial charge in [-0.3, -0.25) is 4.79 Å². The number of carbonyl (C=O) groups is 1. The van der Waals surface area contributed by atoms with E-state index in [1.54, 1.807) is 25.1 Å². The molecule has 20 heavy (non-hydrogen) atoms. The largest absolute Gasteiger partial charge is 0.477 e. The van der Waals surface area contributed by atoms with Gasteiger partial charge in [-0.2, -0.15) is 0 Å². The Morgan fingerprint density at radius 2 is 2.20 bits per heavy atom. The first-order chi connectivity index (χ1) is 9.47. The predicted molar refractivity (Wildman–Crippen MR) is 77.5 cm³/mol. The number of aryl methyl sites for hydroxylation is 1. The van der Waals surface area contributed by atoms with Crippen molar-refractivity contribution in [2.45, 2.75) is 6.92 Å². The summed E-state index contributed by atoms with van der Waals surface area (Å²) in [7, 11) is 0. The van der Waals surface area contributed by atoms with Gasteiger partial charge in [0.2, 0.25) is 11.5 Å². The van der Waals surface area contributed by atoms with Crippen LogP contribution in [0.4, 0.5) is 5.82 Å². The van der Waals surface area contributed by atoms with Gasteiger partial charge in [-0.25, -0.2) is 0 Å². The Labute approximate surface area is 126 Å². The molecular weight excluding hydrogens is 348 g/mol. The molecule has 0 unspecified atom stereocenters. The zero-order chi connectivity index (χ0) is 14.7. The van der Waals surface area contributed by atoms with Crippen LogP contribution in [-0.4, -0.2) is 22.3 Å². The van der Waals surface area contributed by atoms with Crippen LogP contribution in [0.25, 0.3) is 0 Å². The molecular formula is C12H9BrN2O4S. The number of rotatable bonds is 5. The van der Waals surface area contributed by atoms with Gasteiger partial charge in [0.1, 0.15) is 5.69 Å². The van der Waals surface area contributed by atoms with E-state index in [0.717, 1.165) is 3.79 Å². The van der Waals surface area contributed by atoms with Crippen LogP contribution in [0.1, 0.15) is 15.4 Å². The highest BCUT2D eigenvalue weighted by molar-refractivity contribution is 9.11. The molecule has 0 aliphatic carbocycles. The minimum absolute atomic E-state index is 0.00966. The highest BCUT2D eigenvalue weighted by atomic mass is 79.9. The summed E-state index contributed by atoms with van der Waals surface area (Å²) in [4.78, 5) is 26.4. The molecule has 0 saturated carbocycles. The number of hydrogen-bond acceptors (Lipinski definition) is 6. The normalized spacial score (nSPS) is 10.3. The predicted octanol–water partition coefficient (Wildman–Crippen LogP) is 3.38. The minimum atomic E-state index is -0.630. The number of thiophene rings is 1. The van der Waals surface area contributed by atoms with Gasteiger partial charge in [0, 0.05) is 6.92 Å². The molecule has 0 aliphatic rings. The molecule has 0 aliphatic heterocycles. The lowest BCUT2D eigenvalue weighted by Gasteiger charge is -2.05. The van der Waals surface area contributed by atoms with E-state index < -0.39 is 4.92 Å². The maximum Gasteiger partial charge on any atom is 0.406 e. The van der Waals surface area contributed by atoms with Gasteiger partial charge in [0.25, 0.3) is 0 Å². The second kappa shape index (κ2) is 6.10. The first-order valence-corrected chi connectivity index (χ1v) is 7.11. The molecule has 2 rings (SSSR count). The van der Waals surface area contributed by atoms with Crippen molar-refractivity contribution >= 4 is 38.9 Å². The molecule has 0 aromatic carbocycles. The van der Waals surface area contributed by atoms with Gasteiger partial charge in [0.15, 0.2) is 6.61 Å². The summed E-state index contributed by atoms with van der Waals surface area (Å²) in [5.41, 5.74) is 0.512. The third-order valence-electron chi connectivity index (χ3n) is 2.36. The maximum absolute atomic E-state index is 11.9. The number of aromatic nitrogens is 1. The Kier molecular flexibility index (Phi) is 4.46. The van der Waals surface area contributed by atoms with Crippen molar-refractivity contribution in [1.29, 1.82) is 0 Å². The van der Waals surface area contributed by atoms with Crippen LogP contribution in [0.3, 0.4) is 0 Å². The van der Waals surface area contributed by atoms with Crippen LogP contribution in [0.15, 0.2) is 28.1 Å². The third kappa shape index (κ3) is 3.40. The third-order valence-corrected chi connectivity index (χ3v) is 4.02. The molecule has 6 nitrogen and oxygen atoms in total. The lowest BCUT2D eigenvalue weighted by molar-refractivity contribution is -0.390. The SMILES string of the molecule is Cc1ccc(OCC(=O)c2ccc(Br)s2)c([N+](=O)[O-])n1. The van der Waals surface area contributed by atoms with Gasteiger partial charge in [-0.1, -0.05) is 0 Å². The summed E-state index contributed by atoms with van der Waals surface area (Å²) < 4.78 is 6.05. The highest BCUT2D eigenvalue weighted by Crippen LogP contribution is 2.26. The van der Waals surface area contributed by atoms with Gasteiger partial charge < -0.3 is 14.9 Å². The van der Waals surface area contributed by atoms with E-state index in [1.807, 2.05) is 0 Å². The zero-order valence-corrected chi connectivity index (χ0v) is 12.7. The van der Waals surface area contributed by atoms with Crippen molar-refractivity contribution in [1.82, 2.24) is 4.98 Å². The number of pyridine rings is 1. The van der Waals surface area contributed by atoms with Gasteiger partial charge in [0.05, 0.1) is 8.66 Å². The number of halogens is 1. The molecule has 0 saturated heterocycles. The Hall–Kier alpha value is -1.80. The van der Waals surface area contributed by atoms with Crippen molar-refractivity contribution in [2.24, 2.45) is 0 Å². The van der Waals surface area contributed by atoms with Crippen molar-refractivity contribution in [2.75, 3.05) is 6.61 Å². The van der Waals surface area contributed by atoms with Crippen molar-refractivity contribution < 1.29 is 14.5 Å². The second-order valence-electron chi connectivity index (χ2n) is 3.85. The van der Waals surface area contributed by atoms with Crippen LogP contribution in [-0.2, 0) is 0 Å². The summed E-state index contributed by atoms with van der Waals surface area (Å²) >= 11 is 4.54. The summed E-state index contributed by atoms with van der Waals surface area (Å²) in [5.74, 6) is -0.634. The molecule has 0 spiro atoms. The minimum Gasteiger partial charge on any atom is -0.477 e. The Morgan fingerprint density at radius 1 is 1.45 bits per heavy atom. The second-order valence-corrected chi connectivity index (χ2v) is 6.31. The Balaban J connectivity index is 2.11. The van der Waals surface area contributed by atoms with E-state index in [-0.39, 0.29) is 24.0 Å². The molecule has 0 N–H and O–H groups in total. The van der Waals surface area contributed by atoms with E-state index in [1.165, 1.54) is 17.4 Å². The average Bonchev–Trinajstić information content (AvgIpc) is 2.83. The summed E-state index contributed by atoms with van der Waals surface area (Å²) in [6.07, 6.45) is 0. The van der Waals surface area contributed by atoms with E-state index in [4.69, 9.17) is 4.74 Å². The first-order valence-electron chi connectivity index (χ1n) is 5.51. The number of nitrogens with zero attached hydrogens (tertiary/aromatic N) is 2. The lowest BCUT2D eigenvalue weighted by Crippen LogP contribution is -2.11. The summed E-state index contributed by atoms with van der Waals surface area (Å²) in [5, 5.41) is 10.9. The molecule has 0 atom stereocenters. The average molecular weight is 357 g/mol. The van der Waals surface area contributed by atoms with Gasteiger partial charge >= 0.3 is 5.82 Å². The van der Waals surface area contributed by atoms with E-state index >= 15 is 0 Å². The fraction of sp³-hybridized carbons (Fsp3) is 0.167. The van der Waals surface area contributed by atoms with Crippen LogP contribution in [0.5, 0.6) is 5.75 Å². The van der Waals surface area contributed by atoms with Gasteiger partial charge in [-0.15, -0.1) is 11.3 Å². The van der Waals surface area contributed by atoms with Gasteiger partial charge in [-0.05, 0) is 50.1 Å². The highest BCUT2D eigenvalue weighted by Gasteiger charge is 2.19. The molecule has 0 radical (unpaired) electrons. The fourth-order valence-electron chi connectivity index (χ4n) is 1.45. The topological polar surface area (TPSA) is 82.3 Å². The van der Waals surface area contributed by atoms with E-state index in [0.29, 0.717) is 10.6 Å². The number of ether oxygens (including phenoxy) is 1. The molecule has 0 fully saturated rings. The lowest BCUT2D eigenvalue weighted by atomic mass is 10.3. The Morgan fingerprint density at radius 3 is 2.80 bits per heavy atom. The number of nitro groups is 1. The van der Waals surface area contributed by atoms with E-state index in [2.05, 4.69) is 20.9 Å². The van der Waals surface area contributed by atoms with Crippen molar-refractivity contribution in [3.63, 3.8) is 0 Å². The van der Waals surface area contributed by atoms with Crippen molar-refractivity contribution in [3.8, 4) is 5.75 Å². The number of carbonyl (C=O) groups excluding carboxylic acids is 1. The molecule has 0 amide bonds. The monoisotopic (exact) mass is 356 g/mol. The maximum atomic E-state index is 11.9. The number of Topliss-reactive ketones (excluding diaryl/α,β-unsaturated/α-hetero) is 1. The quantitative estimate of drug-likeness (QED) is 0.465. The molecule has 2 heterocycles. The standard InChI is InChI=1S/C12H9BrN2O4S/c1-7-2-3-9(12(14-7)15(17)18)19-6-8(16)10-4-5-11(13)20-10/h2-5H,6H2,1H3. The first kappa shape index (κ1) is 14.6. The number of ketones is 1. The molecule has 0 bridgehead atoms. The van der Waals surface area contributed by atoms with E-state index in [9.17, 15) is 14.9 Å². The summed E-state index contributed by atoms with van der Waals surface area (Å²) in [6, 6.07) is 6.46. The fourth-order valence-corrected chi connectivity index (χ4v) is 2.76. The smallest absolute Gasteiger partial charge is 0.406 e. The van der Waals surface area contributed by atoms with Crippen LogP contribution < -0.4 is 4.74 Å². The summed E-state index contributed by atoms with van der Waals surface area (Å²) in [6.45, 7) is 1.38. The van der Waals surface area contributed by atoms with Crippen LogP contribution in [0.2, 0.25) is 0 Å². The molecule has 8 heteroatoms. The molecule has 2 aromatic heterocycles. The Bertz CT molecular complexity index is 671. The van der Waals surface area contributed by atoms with Crippen LogP contribution >= 0.6 is 27.3 Å². The van der Waals surface area contributed by atoms with Crippen LogP contribution in [0, 0.1) is 17.0 Å². The molecule has 104 valence electrons. The van der Waals surface area contributed by atoms with Crippen molar-refractivity contribution in [3.05, 3.63) is 48.7 Å².